The first-order valence-electron chi connectivity index (χ1n) is 6.68. The maximum Gasteiger partial charge on any atom is 0.240 e. The highest BCUT2D eigenvalue weighted by Crippen LogP contribution is 2.17. The van der Waals surface area contributed by atoms with E-state index in [0.29, 0.717) is 6.54 Å². The van der Waals surface area contributed by atoms with Crippen molar-refractivity contribution in [3.63, 3.8) is 0 Å². The highest BCUT2D eigenvalue weighted by Gasteiger charge is 2.33. The Labute approximate surface area is 120 Å². The van der Waals surface area contributed by atoms with Gasteiger partial charge >= 0.3 is 0 Å². The van der Waals surface area contributed by atoms with Gasteiger partial charge in [-0.25, -0.2) is 13.1 Å². The molecule has 1 saturated heterocycles. The number of rotatable bonds is 4. The van der Waals surface area contributed by atoms with E-state index in [0.717, 1.165) is 5.56 Å². The summed E-state index contributed by atoms with van der Waals surface area (Å²) in [5.74, 6) is -0.00314. The molecule has 0 spiro atoms. The molecule has 0 aromatic heterocycles. The van der Waals surface area contributed by atoms with Crippen molar-refractivity contribution in [2.75, 3.05) is 6.54 Å². The van der Waals surface area contributed by atoms with Crippen molar-refractivity contribution >= 4 is 15.9 Å². The largest absolute Gasteiger partial charge is 0.339 e. The maximum atomic E-state index is 12.2. The van der Waals surface area contributed by atoms with Gasteiger partial charge in [0.1, 0.15) is 0 Å². The highest BCUT2D eigenvalue weighted by molar-refractivity contribution is 7.89. The van der Waals surface area contributed by atoms with Crippen molar-refractivity contribution in [2.45, 2.75) is 44.2 Å². The minimum atomic E-state index is -3.56. The van der Waals surface area contributed by atoms with E-state index in [4.69, 9.17) is 0 Å². The van der Waals surface area contributed by atoms with Crippen LogP contribution in [0.25, 0.3) is 0 Å². The molecule has 5 nitrogen and oxygen atoms in total. The number of carbonyl (C=O) groups excluding carboxylic acids is 1. The molecule has 1 heterocycles. The zero-order chi connectivity index (χ0) is 14.9. The Hall–Kier alpha value is -1.40. The van der Waals surface area contributed by atoms with Gasteiger partial charge in [-0.15, -0.1) is 0 Å². The fourth-order valence-electron chi connectivity index (χ4n) is 2.31. The summed E-state index contributed by atoms with van der Waals surface area (Å²) in [4.78, 5) is 13.7. The van der Waals surface area contributed by atoms with Gasteiger partial charge in [0.15, 0.2) is 0 Å². The van der Waals surface area contributed by atoms with Crippen molar-refractivity contribution in [2.24, 2.45) is 0 Å². The van der Waals surface area contributed by atoms with E-state index >= 15 is 0 Å². The van der Waals surface area contributed by atoms with E-state index in [2.05, 4.69) is 4.72 Å². The molecule has 1 aliphatic heterocycles. The first-order chi connectivity index (χ1) is 9.29. The number of amides is 1. The number of hydrogen-bond donors (Lipinski definition) is 1. The highest BCUT2D eigenvalue weighted by atomic mass is 32.2. The molecule has 1 fully saturated rings. The molecule has 0 radical (unpaired) electrons. The van der Waals surface area contributed by atoms with Crippen LogP contribution in [0.1, 0.15) is 25.8 Å². The molecule has 110 valence electrons. The summed E-state index contributed by atoms with van der Waals surface area (Å²) in [6.07, 6.45) is 0.225. The molecule has 0 bridgehead atoms. The van der Waals surface area contributed by atoms with Crippen molar-refractivity contribution in [3.8, 4) is 0 Å². The Balaban J connectivity index is 2.10. The Kier molecular flexibility index (Phi) is 4.15. The lowest BCUT2D eigenvalue weighted by atomic mass is 10.2. The number of likely N-dealkylation sites (tertiary alicyclic amines) is 1. The van der Waals surface area contributed by atoms with Crippen LogP contribution < -0.4 is 4.72 Å². The third kappa shape index (κ3) is 3.19. The molecule has 1 aromatic carbocycles. The van der Waals surface area contributed by atoms with Crippen molar-refractivity contribution in [3.05, 3.63) is 29.8 Å². The number of aryl methyl sites for hydroxylation is 1. The monoisotopic (exact) mass is 296 g/mol. The Bertz CT molecular complexity index is 593. The molecule has 0 saturated carbocycles. The van der Waals surface area contributed by atoms with E-state index < -0.39 is 10.0 Å². The number of nitrogens with zero attached hydrogens (tertiary/aromatic N) is 1. The summed E-state index contributed by atoms with van der Waals surface area (Å²) in [5.41, 5.74) is 1.01. The molecule has 2 rings (SSSR count). The van der Waals surface area contributed by atoms with Crippen LogP contribution in [-0.4, -0.2) is 37.9 Å². The van der Waals surface area contributed by atoms with Crippen LogP contribution in [0.2, 0.25) is 0 Å². The molecule has 0 aliphatic carbocycles. The van der Waals surface area contributed by atoms with Crippen LogP contribution >= 0.6 is 0 Å². The van der Waals surface area contributed by atoms with E-state index in [9.17, 15) is 13.2 Å². The predicted molar refractivity (Wildman–Crippen MR) is 76.8 cm³/mol. The molecule has 1 atom stereocenters. The van der Waals surface area contributed by atoms with Gasteiger partial charge in [0.25, 0.3) is 0 Å². The first kappa shape index (κ1) is 15.0. The molecule has 1 N–H and O–H groups in total. The van der Waals surface area contributed by atoms with E-state index in [1.165, 1.54) is 0 Å². The second kappa shape index (κ2) is 5.54. The normalized spacial score (nSPS) is 19.9. The summed E-state index contributed by atoms with van der Waals surface area (Å²) in [7, 11) is -3.56. The SMILES string of the molecule is Cc1ccc(S(=O)(=O)NC2CC(=O)N(C(C)C)C2)cc1. The average molecular weight is 296 g/mol. The quantitative estimate of drug-likeness (QED) is 0.910. The number of benzene rings is 1. The van der Waals surface area contributed by atoms with Gasteiger partial charge in [-0.2, -0.15) is 0 Å². The molecule has 20 heavy (non-hydrogen) atoms. The molecular weight excluding hydrogens is 276 g/mol. The van der Waals surface area contributed by atoms with Gasteiger partial charge < -0.3 is 4.90 Å². The second-order valence-corrected chi connectivity index (χ2v) is 7.19. The molecule has 1 aromatic rings. The minimum absolute atomic E-state index is 0.00314. The van der Waals surface area contributed by atoms with Crippen molar-refractivity contribution in [1.29, 1.82) is 0 Å². The summed E-state index contributed by atoms with van der Waals surface area (Å²) >= 11 is 0. The zero-order valence-corrected chi connectivity index (χ0v) is 12.8. The van der Waals surface area contributed by atoms with Crippen LogP contribution in [0, 0.1) is 6.92 Å². The lowest BCUT2D eigenvalue weighted by molar-refractivity contribution is -0.129. The van der Waals surface area contributed by atoms with Crippen LogP contribution in [0.15, 0.2) is 29.2 Å². The summed E-state index contributed by atoms with van der Waals surface area (Å²) in [6.45, 7) is 6.19. The van der Waals surface area contributed by atoms with E-state index in [1.807, 2.05) is 20.8 Å². The third-order valence-electron chi connectivity index (χ3n) is 3.43. The van der Waals surface area contributed by atoms with Gasteiger partial charge in [0.2, 0.25) is 15.9 Å². The van der Waals surface area contributed by atoms with Crippen molar-refractivity contribution < 1.29 is 13.2 Å². The Morgan fingerprint density at radius 1 is 1.25 bits per heavy atom. The fourth-order valence-corrected chi connectivity index (χ4v) is 3.54. The van der Waals surface area contributed by atoms with Gasteiger partial charge in [-0.1, -0.05) is 17.7 Å². The van der Waals surface area contributed by atoms with Gasteiger partial charge in [-0.3, -0.25) is 4.79 Å². The van der Waals surface area contributed by atoms with Gasteiger partial charge in [-0.05, 0) is 32.9 Å². The molecule has 1 aliphatic rings. The summed E-state index contributed by atoms with van der Waals surface area (Å²) < 4.78 is 27.1. The van der Waals surface area contributed by atoms with Gasteiger partial charge in [0, 0.05) is 25.0 Å². The third-order valence-corrected chi connectivity index (χ3v) is 4.97. The van der Waals surface area contributed by atoms with Crippen LogP contribution in [-0.2, 0) is 14.8 Å². The van der Waals surface area contributed by atoms with Crippen LogP contribution in [0.5, 0.6) is 0 Å². The maximum absolute atomic E-state index is 12.2. The minimum Gasteiger partial charge on any atom is -0.339 e. The molecule has 1 amide bonds. The summed E-state index contributed by atoms with van der Waals surface area (Å²) in [5, 5.41) is 0. The fraction of sp³-hybridized carbons (Fsp3) is 0.500. The smallest absolute Gasteiger partial charge is 0.240 e. The van der Waals surface area contributed by atoms with E-state index in [1.54, 1.807) is 29.2 Å². The average Bonchev–Trinajstić information content (AvgIpc) is 2.70. The lowest BCUT2D eigenvalue weighted by Crippen LogP contribution is -2.38. The van der Waals surface area contributed by atoms with E-state index in [-0.39, 0.29) is 29.3 Å². The molecular formula is C14H20N2O3S. The number of carbonyl (C=O) groups is 1. The zero-order valence-electron chi connectivity index (χ0n) is 12.0. The predicted octanol–water partition coefficient (Wildman–Crippen LogP) is 1.28. The Morgan fingerprint density at radius 2 is 1.85 bits per heavy atom. The second-order valence-electron chi connectivity index (χ2n) is 5.48. The molecule has 1 unspecified atom stereocenters. The van der Waals surface area contributed by atoms with Crippen LogP contribution in [0.4, 0.5) is 0 Å². The summed E-state index contributed by atoms with van der Waals surface area (Å²) in [6, 6.07) is 6.42. The molecule has 6 heteroatoms. The number of sulfonamides is 1. The first-order valence-corrected chi connectivity index (χ1v) is 8.16. The standard InChI is InChI=1S/C14H20N2O3S/c1-10(2)16-9-12(8-14(16)17)15-20(18,19)13-6-4-11(3)5-7-13/h4-7,10,12,15H,8-9H2,1-3H3. The number of nitrogens with one attached hydrogen (secondary N) is 1. The lowest BCUT2D eigenvalue weighted by Gasteiger charge is -2.21. The topological polar surface area (TPSA) is 66.5 Å². The van der Waals surface area contributed by atoms with Crippen molar-refractivity contribution in [1.82, 2.24) is 9.62 Å². The Morgan fingerprint density at radius 3 is 2.35 bits per heavy atom. The number of hydrogen-bond acceptors (Lipinski definition) is 3. The van der Waals surface area contributed by atoms with Gasteiger partial charge in [0.05, 0.1) is 4.90 Å². The van der Waals surface area contributed by atoms with Crippen LogP contribution in [0.3, 0.4) is 0 Å².